The van der Waals surface area contributed by atoms with Crippen LogP contribution in [0.25, 0.3) is 0 Å². The normalized spacial score (nSPS) is 11.6. The second-order valence-corrected chi connectivity index (χ2v) is 5.68. The Morgan fingerprint density at radius 2 is 2.00 bits per heavy atom. The first-order chi connectivity index (χ1) is 8.02. The van der Waals surface area contributed by atoms with Gasteiger partial charge in [0, 0.05) is 18.4 Å². The van der Waals surface area contributed by atoms with Crippen LogP contribution in [0.5, 0.6) is 0 Å². The van der Waals surface area contributed by atoms with E-state index < -0.39 is 0 Å². The smallest absolute Gasteiger partial charge is 0.222 e. The molecule has 0 aliphatic carbocycles. The molecule has 0 saturated carbocycles. The fourth-order valence-electron chi connectivity index (χ4n) is 1.38. The predicted molar refractivity (Wildman–Crippen MR) is 71.2 cm³/mol. The molecule has 0 unspecified atom stereocenters. The molecular weight excluding hydrogens is 236 g/mol. The first-order valence-corrected chi connectivity index (χ1v) is 6.91. The van der Waals surface area contributed by atoms with Crippen molar-refractivity contribution < 1.29 is 4.74 Å². The average Bonchev–Trinajstić information content (AvgIpc) is 2.59. The van der Waals surface area contributed by atoms with Crippen LogP contribution in [0.2, 0.25) is 0 Å². The topological polar surface area (TPSA) is 66.0 Å². The van der Waals surface area contributed by atoms with Gasteiger partial charge in [-0.1, -0.05) is 25.6 Å². The lowest BCUT2D eigenvalue weighted by Crippen LogP contribution is -2.08. The summed E-state index contributed by atoms with van der Waals surface area (Å²) in [6, 6.07) is 0.282. The molecule has 0 aliphatic rings. The molecule has 0 radical (unpaired) electrons. The molecule has 1 aromatic rings. The number of nitrogens with two attached hydrogens (primary N) is 1. The Balaban J connectivity index is 2.37. The molecule has 0 spiro atoms. The summed E-state index contributed by atoms with van der Waals surface area (Å²) in [6.07, 6.45) is 0. The van der Waals surface area contributed by atoms with E-state index in [-0.39, 0.29) is 6.04 Å². The summed E-state index contributed by atoms with van der Waals surface area (Å²) in [4.78, 5) is 0. The van der Waals surface area contributed by atoms with E-state index in [0.717, 1.165) is 24.1 Å². The fraction of sp³-hybridized carbons (Fsp3) is 0.818. The number of aromatic nitrogens is 3. The van der Waals surface area contributed by atoms with Gasteiger partial charge in [0.2, 0.25) is 5.95 Å². The van der Waals surface area contributed by atoms with Crippen molar-refractivity contribution in [3.63, 3.8) is 0 Å². The molecule has 98 valence electrons. The van der Waals surface area contributed by atoms with Crippen molar-refractivity contribution in [2.45, 2.75) is 38.9 Å². The molecule has 0 fully saturated rings. The third-order valence-electron chi connectivity index (χ3n) is 2.12. The van der Waals surface area contributed by atoms with Gasteiger partial charge in [-0.05, 0) is 19.8 Å². The molecule has 0 saturated heterocycles. The van der Waals surface area contributed by atoms with Crippen LogP contribution in [-0.2, 0) is 4.74 Å². The fourth-order valence-corrected chi connectivity index (χ4v) is 2.31. The van der Waals surface area contributed by atoms with Crippen LogP contribution in [0.1, 0.15) is 33.7 Å². The zero-order valence-corrected chi connectivity index (χ0v) is 11.8. The van der Waals surface area contributed by atoms with Crippen LogP contribution in [0.15, 0.2) is 5.16 Å². The number of rotatable bonds is 7. The van der Waals surface area contributed by atoms with E-state index in [9.17, 15) is 0 Å². The van der Waals surface area contributed by atoms with Gasteiger partial charge in [0.1, 0.15) is 0 Å². The minimum absolute atomic E-state index is 0.282. The molecule has 0 bridgehead atoms. The molecule has 1 aromatic heterocycles. The van der Waals surface area contributed by atoms with Crippen LogP contribution in [-0.4, -0.2) is 33.7 Å². The SMILES string of the molecule is CC(C)COCCSc1nnc(N)n1C(C)C. The zero-order valence-electron chi connectivity index (χ0n) is 11.0. The number of anilines is 1. The van der Waals surface area contributed by atoms with Gasteiger partial charge in [-0.25, -0.2) is 0 Å². The van der Waals surface area contributed by atoms with Crippen molar-refractivity contribution in [1.29, 1.82) is 0 Å². The third-order valence-corrected chi connectivity index (χ3v) is 3.02. The summed E-state index contributed by atoms with van der Waals surface area (Å²) in [7, 11) is 0. The van der Waals surface area contributed by atoms with Crippen LogP contribution in [0.4, 0.5) is 5.95 Å². The summed E-state index contributed by atoms with van der Waals surface area (Å²) in [5.74, 6) is 1.93. The molecule has 17 heavy (non-hydrogen) atoms. The van der Waals surface area contributed by atoms with Crippen molar-refractivity contribution in [3.8, 4) is 0 Å². The maximum Gasteiger partial charge on any atom is 0.222 e. The van der Waals surface area contributed by atoms with E-state index in [0.29, 0.717) is 11.9 Å². The highest BCUT2D eigenvalue weighted by atomic mass is 32.2. The molecule has 6 heteroatoms. The molecular formula is C11H22N4OS. The number of hydrogen-bond donors (Lipinski definition) is 1. The maximum absolute atomic E-state index is 5.76. The molecule has 5 nitrogen and oxygen atoms in total. The lowest BCUT2D eigenvalue weighted by atomic mass is 10.2. The Bertz CT molecular complexity index is 338. The second kappa shape index (κ2) is 6.86. The third kappa shape index (κ3) is 4.55. The zero-order chi connectivity index (χ0) is 12.8. The van der Waals surface area contributed by atoms with Crippen molar-refractivity contribution in [3.05, 3.63) is 0 Å². The van der Waals surface area contributed by atoms with Gasteiger partial charge in [-0.15, -0.1) is 10.2 Å². The largest absolute Gasteiger partial charge is 0.380 e. The Morgan fingerprint density at radius 1 is 1.29 bits per heavy atom. The van der Waals surface area contributed by atoms with E-state index in [2.05, 4.69) is 37.9 Å². The first-order valence-electron chi connectivity index (χ1n) is 5.93. The lowest BCUT2D eigenvalue weighted by Gasteiger charge is -2.11. The standard InChI is InChI=1S/C11H22N4OS/c1-8(2)7-16-5-6-17-11-14-13-10(12)15(11)9(3)4/h8-9H,5-7H2,1-4H3,(H2,12,13). The molecule has 0 atom stereocenters. The minimum Gasteiger partial charge on any atom is -0.380 e. The van der Waals surface area contributed by atoms with Crippen molar-refractivity contribution in [2.75, 3.05) is 24.7 Å². The van der Waals surface area contributed by atoms with Gasteiger partial charge in [-0.2, -0.15) is 0 Å². The lowest BCUT2D eigenvalue weighted by molar-refractivity contribution is 0.124. The molecule has 0 amide bonds. The number of ether oxygens (including phenoxy) is 1. The highest BCUT2D eigenvalue weighted by molar-refractivity contribution is 7.99. The van der Waals surface area contributed by atoms with Gasteiger partial charge in [0.15, 0.2) is 5.16 Å². The highest BCUT2D eigenvalue weighted by Crippen LogP contribution is 2.22. The van der Waals surface area contributed by atoms with E-state index in [1.807, 2.05) is 4.57 Å². The first kappa shape index (κ1) is 14.3. The summed E-state index contributed by atoms with van der Waals surface area (Å²) in [5, 5.41) is 8.83. The number of nitrogens with zero attached hydrogens (tertiary/aromatic N) is 3. The minimum atomic E-state index is 0.282. The number of thioether (sulfide) groups is 1. The van der Waals surface area contributed by atoms with Crippen LogP contribution >= 0.6 is 11.8 Å². The number of hydrogen-bond acceptors (Lipinski definition) is 5. The Labute approximate surface area is 107 Å². The molecule has 0 aromatic carbocycles. The summed E-state index contributed by atoms with van der Waals surface area (Å²) >= 11 is 1.63. The number of nitrogen functional groups attached to an aromatic ring is 1. The van der Waals surface area contributed by atoms with E-state index in [4.69, 9.17) is 10.5 Å². The molecule has 2 N–H and O–H groups in total. The summed E-state index contributed by atoms with van der Waals surface area (Å²) < 4.78 is 7.45. The van der Waals surface area contributed by atoms with Crippen molar-refractivity contribution in [1.82, 2.24) is 14.8 Å². The van der Waals surface area contributed by atoms with E-state index in [1.54, 1.807) is 11.8 Å². The highest BCUT2D eigenvalue weighted by Gasteiger charge is 2.12. The van der Waals surface area contributed by atoms with Crippen molar-refractivity contribution >= 4 is 17.7 Å². The predicted octanol–water partition coefficient (Wildman–Crippen LogP) is 2.21. The average molecular weight is 258 g/mol. The van der Waals surface area contributed by atoms with Gasteiger partial charge in [0.05, 0.1) is 6.61 Å². The van der Waals surface area contributed by atoms with Crippen molar-refractivity contribution in [2.24, 2.45) is 5.92 Å². The Hall–Kier alpha value is -0.750. The van der Waals surface area contributed by atoms with Crippen LogP contribution in [0.3, 0.4) is 0 Å². The molecule has 1 rings (SSSR count). The molecule has 0 aliphatic heterocycles. The van der Waals surface area contributed by atoms with Crippen LogP contribution < -0.4 is 5.73 Å². The maximum atomic E-state index is 5.76. The van der Waals surface area contributed by atoms with Gasteiger partial charge < -0.3 is 10.5 Å². The van der Waals surface area contributed by atoms with Gasteiger partial charge in [-0.3, -0.25) is 4.57 Å². The Morgan fingerprint density at radius 3 is 2.59 bits per heavy atom. The van der Waals surface area contributed by atoms with Crippen LogP contribution in [0, 0.1) is 5.92 Å². The second-order valence-electron chi connectivity index (χ2n) is 4.62. The monoisotopic (exact) mass is 258 g/mol. The molecule has 1 heterocycles. The quantitative estimate of drug-likeness (QED) is 0.600. The summed E-state index contributed by atoms with van der Waals surface area (Å²) in [5.41, 5.74) is 5.76. The van der Waals surface area contributed by atoms with E-state index >= 15 is 0 Å². The Kier molecular flexibility index (Phi) is 5.77. The summed E-state index contributed by atoms with van der Waals surface area (Å²) in [6.45, 7) is 9.96. The van der Waals surface area contributed by atoms with E-state index in [1.165, 1.54) is 0 Å². The van der Waals surface area contributed by atoms with Gasteiger partial charge in [0.25, 0.3) is 0 Å². The van der Waals surface area contributed by atoms with Gasteiger partial charge >= 0.3 is 0 Å².